The summed E-state index contributed by atoms with van der Waals surface area (Å²) in [5.74, 6) is 0. The minimum atomic E-state index is -1.75. The van der Waals surface area contributed by atoms with Crippen molar-refractivity contribution in [3.63, 3.8) is 0 Å². The van der Waals surface area contributed by atoms with E-state index in [2.05, 4.69) is 0 Å². The first kappa shape index (κ1) is 15.7. The van der Waals surface area contributed by atoms with Gasteiger partial charge in [0, 0.05) is 41.3 Å². The minimum absolute atomic E-state index is 0. The van der Waals surface area contributed by atoms with Crippen LogP contribution in [0.1, 0.15) is 2.85 Å². The van der Waals surface area contributed by atoms with Gasteiger partial charge >= 0.3 is 23.1 Å². The van der Waals surface area contributed by atoms with E-state index < -0.39 is 5.09 Å². The molecular weight excluding hydrogens is 227 g/mol. The van der Waals surface area contributed by atoms with Gasteiger partial charge in [0.25, 0.3) is 0 Å². The Morgan fingerprint density at radius 3 is 1.50 bits per heavy atom. The van der Waals surface area contributed by atoms with Gasteiger partial charge in [-0.3, -0.25) is 0 Å². The van der Waals surface area contributed by atoms with Crippen molar-refractivity contribution < 1.29 is 49.2 Å². The molecule has 1 radical (unpaired) electrons. The molecule has 0 amide bonds. The summed E-state index contributed by atoms with van der Waals surface area (Å²) < 4.78 is 0. The van der Waals surface area contributed by atoms with Gasteiger partial charge in [-0.15, -0.1) is 0 Å². The Morgan fingerprint density at radius 2 is 1.50 bits per heavy atom. The molecule has 6 heavy (non-hydrogen) atoms. The molecule has 0 rings (SSSR count). The molecule has 0 aromatic carbocycles. The number of hydrogen-bond acceptors (Lipinski definition) is 3. The smallest absolute Gasteiger partial charge is 1.00 e. The van der Waals surface area contributed by atoms with Gasteiger partial charge in [0.05, 0.1) is 5.09 Å². The zero-order chi connectivity index (χ0) is 3.58. The Bertz CT molecular complexity index is 40.3. The Morgan fingerprint density at radius 1 is 1.50 bits per heavy atom. The molecule has 0 atom stereocenters. The maximum atomic E-state index is 8.25. The fourth-order valence-corrected chi connectivity index (χ4v) is 0. The molecule has 0 N–H and O–H groups in total. The van der Waals surface area contributed by atoms with Gasteiger partial charge in [-0.2, -0.15) is 0 Å². The molecule has 0 aromatic rings. The second-order valence-corrected chi connectivity index (χ2v) is 0.224. The Kier molecular flexibility index (Phi) is 25.0. The molecule has 0 unspecified atom stereocenters. The molecule has 6 heteroatoms. The molecule has 0 bridgehead atoms. The summed E-state index contributed by atoms with van der Waals surface area (Å²) in [6.07, 6.45) is 0. The molecule has 0 aliphatic rings. The van der Waals surface area contributed by atoms with E-state index in [1.54, 1.807) is 0 Å². The molecule has 0 aromatic heterocycles. The van der Waals surface area contributed by atoms with Gasteiger partial charge in [0.15, 0.2) is 0 Å². The van der Waals surface area contributed by atoms with E-state index in [1.165, 1.54) is 0 Å². The summed E-state index contributed by atoms with van der Waals surface area (Å²) in [5.41, 5.74) is 0. The monoisotopic (exact) mass is 229 g/mol. The standard InChI is InChI=1S/Mg.NO3.Pr.2H/c;2-1(3)4;;;/q+2;-1;;2*-1. The van der Waals surface area contributed by atoms with Crippen LogP contribution in [-0.2, 0) is 0 Å². The second-order valence-electron chi connectivity index (χ2n) is 0.224. The largest absolute Gasteiger partial charge is 2.00 e. The van der Waals surface area contributed by atoms with Crippen LogP contribution < -0.4 is 0 Å². The van der Waals surface area contributed by atoms with Gasteiger partial charge in [0.1, 0.15) is 0 Å². The van der Waals surface area contributed by atoms with E-state index in [0.29, 0.717) is 0 Å². The Labute approximate surface area is 86.5 Å². The molecule has 0 saturated heterocycles. The first-order chi connectivity index (χ1) is 1.73. The quantitative estimate of drug-likeness (QED) is 0.322. The van der Waals surface area contributed by atoms with Crippen molar-refractivity contribution in [1.82, 2.24) is 0 Å². The third kappa shape index (κ3) is 56.5. The van der Waals surface area contributed by atoms with Crippen molar-refractivity contribution in [3.05, 3.63) is 15.3 Å². The number of nitrogens with zero attached hydrogens (tertiary/aromatic N) is 1. The van der Waals surface area contributed by atoms with Crippen LogP contribution in [0.2, 0.25) is 0 Å². The molecule has 0 spiro atoms. The fraction of sp³-hybridized carbons (Fsp3) is 0. The average Bonchev–Trinajstić information content (AvgIpc) is 0.811. The summed E-state index contributed by atoms with van der Waals surface area (Å²) in [7, 11) is 0. The second kappa shape index (κ2) is 9.59. The van der Waals surface area contributed by atoms with Gasteiger partial charge in [-0.1, -0.05) is 0 Å². The van der Waals surface area contributed by atoms with Crippen LogP contribution in [-0.4, -0.2) is 28.1 Å². The van der Waals surface area contributed by atoms with E-state index in [9.17, 15) is 0 Å². The number of hydrogen-bond donors (Lipinski definition) is 0. The summed E-state index contributed by atoms with van der Waals surface area (Å²) in [6.45, 7) is 0. The Hall–Kier alpha value is 1.33. The predicted molar refractivity (Wildman–Crippen MR) is 18.3 cm³/mol. The number of rotatable bonds is 0. The zero-order valence-electron chi connectivity index (χ0n) is 4.96. The minimum Gasteiger partial charge on any atom is -1.00 e. The third-order valence-corrected chi connectivity index (χ3v) is 0. The molecule has 0 aliphatic carbocycles. The summed E-state index contributed by atoms with van der Waals surface area (Å²) >= 11 is 0. The van der Waals surface area contributed by atoms with Crippen LogP contribution >= 0.6 is 0 Å². The van der Waals surface area contributed by atoms with Crippen molar-refractivity contribution in [2.24, 2.45) is 0 Å². The van der Waals surface area contributed by atoms with Crippen LogP contribution in [0.5, 0.6) is 0 Å². The van der Waals surface area contributed by atoms with E-state index in [1.807, 2.05) is 0 Å². The van der Waals surface area contributed by atoms with Gasteiger partial charge in [-0.25, -0.2) is 0 Å². The zero-order valence-corrected chi connectivity index (χ0v) is 8.08. The molecule has 4 nitrogen and oxygen atoms in total. The molecular formula is H2MgNO3Pr-. The van der Waals surface area contributed by atoms with Crippen LogP contribution in [0.15, 0.2) is 0 Å². The average molecular weight is 229 g/mol. The van der Waals surface area contributed by atoms with E-state index in [4.69, 9.17) is 15.3 Å². The van der Waals surface area contributed by atoms with Crippen LogP contribution in [0.3, 0.4) is 0 Å². The van der Waals surface area contributed by atoms with Crippen LogP contribution in [0, 0.1) is 56.6 Å². The topological polar surface area (TPSA) is 66.2 Å². The van der Waals surface area contributed by atoms with Crippen molar-refractivity contribution in [1.29, 1.82) is 0 Å². The van der Waals surface area contributed by atoms with E-state index in [0.717, 1.165) is 0 Å². The summed E-state index contributed by atoms with van der Waals surface area (Å²) in [5, 5.41) is 14.8. The molecule has 31 valence electrons. The van der Waals surface area contributed by atoms with Crippen molar-refractivity contribution in [2.75, 3.05) is 0 Å². The van der Waals surface area contributed by atoms with Crippen molar-refractivity contribution in [2.45, 2.75) is 0 Å². The molecule has 0 fully saturated rings. The van der Waals surface area contributed by atoms with Gasteiger partial charge in [0.2, 0.25) is 0 Å². The maximum absolute atomic E-state index is 8.25. The molecule has 0 saturated carbocycles. The molecule has 0 heterocycles. The van der Waals surface area contributed by atoms with Gasteiger partial charge in [-0.05, 0) is 0 Å². The molecule has 0 aliphatic heterocycles. The third-order valence-electron chi connectivity index (χ3n) is 0. The van der Waals surface area contributed by atoms with E-state index in [-0.39, 0.29) is 67.2 Å². The van der Waals surface area contributed by atoms with Crippen LogP contribution in [0.25, 0.3) is 0 Å². The normalized spacial score (nSPS) is 4.00. The van der Waals surface area contributed by atoms with Gasteiger partial charge < -0.3 is 18.2 Å². The summed E-state index contributed by atoms with van der Waals surface area (Å²) in [6, 6.07) is 0. The summed E-state index contributed by atoms with van der Waals surface area (Å²) in [4.78, 5) is 8.25. The van der Waals surface area contributed by atoms with Crippen molar-refractivity contribution >= 4 is 23.1 Å². The van der Waals surface area contributed by atoms with Crippen LogP contribution in [0.4, 0.5) is 0 Å². The fourth-order valence-electron chi connectivity index (χ4n) is 0. The SMILES string of the molecule is O=[N+]([O-])[O-].[H-].[H-].[Mg+2].[Pr]. The predicted octanol–water partition coefficient (Wildman–Crippen LogP) is -0.395. The first-order valence-corrected chi connectivity index (χ1v) is 0.548. The van der Waals surface area contributed by atoms with E-state index >= 15 is 0 Å². The maximum Gasteiger partial charge on any atom is 2.00 e. The Balaban J connectivity index is -0.00000000750. The first-order valence-electron chi connectivity index (χ1n) is 0.548. The van der Waals surface area contributed by atoms with Crippen molar-refractivity contribution in [3.8, 4) is 0 Å².